The van der Waals surface area contributed by atoms with E-state index in [1.807, 2.05) is 47.9 Å². The van der Waals surface area contributed by atoms with Crippen molar-refractivity contribution in [1.82, 2.24) is 4.57 Å². The van der Waals surface area contributed by atoms with Crippen LogP contribution in [0.4, 0.5) is 0 Å². The number of nitrogens with two attached hydrogens (primary N) is 1. The molecule has 0 bridgehead atoms. The predicted molar refractivity (Wildman–Crippen MR) is 83.6 cm³/mol. The van der Waals surface area contributed by atoms with Gasteiger partial charge in [-0.05, 0) is 18.6 Å². The van der Waals surface area contributed by atoms with E-state index in [9.17, 15) is 8.42 Å². The number of aryl methyl sites for hydroxylation is 1. The van der Waals surface area contributed by atoms with Gasteiger partial charge < -0.3 is 4.57 Å². The molecule has 5 heteroatoms. The summed E-state index contributed by atoms with van der Waals surface area (Å²) in [4.78, 5) is 0.172. The van der Waals surface area contributed by atoms with Crippen LogP contribution in [0.5, 0.6) is 0 Å². The molecule has 0 saturated heterocycles. The van der Waals surface area contributed by atoms with Crippen molar-refractivity contribution in [3.8, 4) is 0 Å². The molecule has 0 aliphatic carbocycles. The van der Waals surface area contributed by atoms with Gasteiger partial charge in [-0.1, -0.05) is 48.0 Å². The number of benzene rings is 2. The standard InChI is InChI=1S/C16H16N2O2S/c1-12-5-4-6-13(9-12)10-18-11-16(21(17,19)20)14-7-2-3-8-15(14)18/h2-9,11H,10H2,1H3,(H2,17,19,20). The number of para-hydroxylation sites is 1. The second-order valence-corrected chi connectivity index (χ2v) is 6.70. The first-order valence-corrected chi connectivity index (χ1v) is 8.16. The Balaban J connectivity index is 2.15. The van der Waals surface area contributed by atoms with Gasteiger partial charge in [-0.3, -0.25) is 0 Å². The average Bonchev–Trinajstić information content (AvgIpc) is 2.78. The first kappa shape index (κ1) is 13.9. The molecule has 0 unspecified atom stereocenters. The summed E-state index contributed by atoms with van der Waals surface area (Å²) in [5.74, 6) is 0. The second kappa shape index (κ2) is 5.02. The van der Waals surface area contributed by atoms with Crippen molar-refractivity contribution in [2.45, 2.75) is 18.4 Å². The number of rotatable bonds is 3. The summed E-state index contributed by atoms with van der Waals surface area (Å²) in [6.07, 6.45) is 1.61. The van der Waals surface area contributed by atoms with Crippen molar-refractivity contribution < 1.29 is 8.42 Å². The highest BCUT2D eigenvalue weighted by Crippen LogP contribution is 2.25. The monoisotopic (exact) mass is 300 g/mol. The lowest BCUT2D eigenvalue weighted by atomic mass is 10.1. The zero-order valence-electron chi connectivity index (χ0n) is 11.7. The summed E-state index contributed by atoms with van der Waals surface area (Å²) in [6, 6.07) is 15.5. The van der Waals surface area contributed by atoms with Crippen molar-refractivity contribution in [1.29, 1.82) is 0 Å². The normalized spacial score (nSPS) is 11.9. The largest absolute Gasteiger partial charge is 0.342 e. The molecule has 4 nitrogen and oxygen atoms in total. The van der Waals surface area contributed by atoms with E-state index in [4.69, 9.17) is 5.14 Å². The first-order valence-electron chi connectivity index (χ1n) is 6.61. The maximum absolute atomic E-state index is 11.7. The van der Waals surface area contributed by atoms with Crippen LogP contribution in [0.2, 0.25) is 0 Å². The Kier molecular flexibility index (Phi) is 3.31. The van der Waals surface area contributed by atoms with Crippen molar-refractivity contribution in [2.75, 3.05) is 0 Å². The molecule has 108 valence electrons. The van der Waals surface area contributed by atoms with Crippen molar-refractivity contribution in [3.63, 3.8) is 0 Å². The Morgan fingerprint density at radius 1 is 1.10 bits per heavy atom. The SMILES string of the molecule is Cc1cccc(Cn2cc(S(N)(=O)=O)c3ccccc32)c1. The van der Waals surface area contributed by atoms with Crippen LogP contribution in [-0.4, -0.2) is 13.0 Å². The molecular formula is C16H16N2O2S. The van der Waals surface area contributed by atoms with Crippen LogP contribution < -0.4 is 5.14 Å². The van der Waals surface area contributed by atoms with E-state index in [2.05, 4.69) is 6.07 Å². The molecular weight excluding hydrogens is 284 g/mol. The van der Waals surface area contributed by atoms with Crippen LogP contribution in [0.15, 0.2) is 59.6 Å². The molecule has 2 aromatic carbocycles. The minimum absolute atomic E-state index is 0.172. The van der Waals surface area contributed by atoms with E-state index in [1.165, 1.54) is 5.56 Å². The van der Waals surface area contributed by atoms with Crippen LogP contribution in [0.3, 0.4) is 0 Å². The Hall–Kier alpha value is -2.11. The van der Waals surface area contributed by atoms with Gasteiger partial charge in [-0.2, -0.15) is 0 Å². The number of nitrogens with zero attached hydrogens (tertiary/aromatic N) is 1. The number of hydrogen-bond donors (Lipinski definition) is 1. The molecule has 0 fully saturated rings. The van der Waals surface area contributed by atoms with Gasteiger partial charge in [-0.25, -0.2) is 13.6 Å². The Morgan fingerprint density at radius 2 is 1.86 bits per heavy atom. The molecule has 0 aliphatic heterocycles. The molecule has 0 saturated carbocycles. The molecule has 2 N–H and O–H groups in total. The fourth-order valence-electron chi connectivity index (χ4n) is 2.58. The van der Waals surface area contributed by atoms with Crippen LogP contribution in [0.25, 0.3) is 10.9 Å². The van der Waals surface area contributed by atoms with E-state index >= 15 is 0 Å². The van der Waals surface area contributed by atoms with Gasteiger partial charge in [0.1, 0.15) is 4.90 Å². The van der Waals surface area contributed by atoms with Gasteiger partial charge in [0.15, 0.2) is 0 Å². The zero-order chi connectivity index (χ0) is 15.0. The third kappa shape index (κ3) is 2.70. The summed E-state index contributed by atoms with van der Waals surface area (Å²) in [6.45, 7) is 2.64. The van der Waals surface area contributed by atoms with E-state index in [0.717, 1.165) is 11.1 Å². The lowest BCUT2D eigenvalue weighted by Gasteiger charge is -2.06. The molecule has 0 radical (unpaired) electrons. The smallest absolute Gasteiger partial charge is 0.240 e. The fourth-order valence-corrected chi connectivity index (χ4v) is 3.33. The minimum atomic E-state index is -3.73. The topological polar surface area (TPSA) is 65.1 Å². The summed E-state index contributed by atoms with van der Waals surface area (Å²) in [5.41, 5.74) is 3.16. The molecule has 0 spiro atoms. The summed E-state index contributed by atoms with van der Waals surface area (Å²) in [7, 11) is -3.73. The molecule has 1 aromatic heterocycles. The van der Waals surface area contributed by atoms with Gasteiger partial charge in [0, 0.05) is 23.6 Å². The third-order valence-corrected chi connectivity index (χ3v) is 4.43. The molecule has 1 heterocycles. The van der Waals surface area contributed by atoms with E-state index in [0.29, 0.717) is 11.9 Å². The highest BCUT2D eigenvalue weighted by molar-refractivity contribution is 7.89. The molecule has 3 rings (SSSR count). The van der Waals surface area contributed by atoms with Crippen LogP contribution in [-0.2, 0) is 16.6 Å². The Morgan fingerprint density at radius 3 is 2.57 bits per heavy atom. The third-order valence-electron chi connectivity index (χ3n) is 3.49. The predicted octanol–water partition coefficient (Wildman–Crippen LogP) is 2.65. The Labute approximate surface area is 123 Å². The number of sulfonamides is 1. The molecule has 0 atom stereocenters. The minimum Gasteiger partial charge on any atom is -0.342 e. The van der Waals surface area contributed by atoms with Gasteiger partial charge in [0.05, 0.1) is 0 Å². The van der Waals surface area contributed by atoms with Crippen molar-refractivity contribution >= 4 is 20.9 Å². The van der Waals surface area contributed by atoms with E-state index in [-0.39, 0.29) is 4.90 Å². The first-order chi connectivity index (χ1) is 9.95. The highest BCUT2D eigenvalue weighted by atomic mass is 32.2. The summed E-state index contributed by atoms with van der Waals surface area (Å²) < 4.78 is 25.4. The second-order valence-electron chi connectivity index (χ2n) is 5.17. The zero-order valence-corrected chi connectivity index (χ0v) is 12.5. The van der Waals surface area contributed by atoms with Gasteiger partial charge in [0.25, 0.3) is 0 Å². The highest BCUT2D eigenvalue weighted by Gasteiger charge is 2.16. The van der Waals surface area contributed by atoms with Gasteiger partial charge in [0.2, 0.25) is 10.0 Å². The van der Waals surface area contributed by atoms with Crippen LogP contribution in [0, 0.1) is 6.92 Å². The van der Waals surface area contributed by atoms with E-state index in [1.54, 1.807) is 12.3 Å². The molecule has 0 aliphatic rings. The van der Waals surface area contributed by atoms with Gasteiger partial charge in [-0.15, -0.1) is 0 Å². The fraction of sp³-hybridized carbons (Fsp3) is 0.125. The summed E-state index contributed by atoms with van der Waals surface area (Å²) in [5, 5.41) is 5.97. The van der Waals surface area contributed by atoms with Crippen LogP contribution >= 0.6 is 0 Å². The lowest BCUT2D eigenvalue weighted by Crippen LogP contribution is -2.11. The van der Waals surface area contributed by atoms with Crippen LogP contribution in [0.1, 0.15) is 11.1 Å². The van der Waals surface area contributed by atoms with Crippen molar-refractivity contribution in [3.05, 3.63) is 65.9 Å². The Bertz CT molecular complexity index is 911. The quantitative estimate of drug-likeness (QED) is 0.808. The van der Waals surface area contributed by atoms with Crippen molar-refractivity contribution in [2.24, 2.45) is 5.14 Å². The molecule has 3 aromatic rings. The number of primary sulfonamides is 1. The summed E-state index contributed by atoms with van der Waals surface area (Å²) >= 11 is 0. The van der Waals surface area contributed by atoms with Gasteiger partial charge >= 0.3 is 0 Å². The lowest BCUT2D eigenvalue weighted by molar-refractivity contribution is 0.598. The van der Waals surface area contributed by atoms with E-state index < -0.39 is 10.0 Å². The number of hydrogen-bond acceptors (Lipinski definition) is 2. The number of aromatic nitrogens is 1. The number of fused-ring (bicyclic) bond motifs is 1. The molecule has 21 heavy (non-hydrogen) atoms. The average molecular weight is 300 g/mol. The maximum atomic E-state index is 11.7. The molecule has 0 amide bonds. The maximum Gasteiger partial charge on any atom is 0.240 e.